The van der Waals surface area contributed by atoms with E-state index in [0.29, 0.717) is 0 Å². The standard InChI is InChI=1S/C12H15NO/c1-9-8-11(13-12(9,2)14)10-6-4-3-5-7-10/h3-7,9,14H,8H2,1-2H3/t9-,12-/m0/s1. The lowest BCUT2D eigenvalue weighted by molar-refractivity contribution is 0.0289. The fourth-order valence-electron chi connectivity index (χ4n) is 1.73. The maximum absolute atomic E-state index is 9.91. The van der Waals surface area contributed by atoms with Gasteiger partial charge < -0.3 is 5.11 Å². The van der Waals surface area contributed by atoms with Crippen LogP contribution in [0.2, 0.25) is 0 Å². The van der Waals surface area contributed by atoms with Crippen LogP contribution in [0.15, 0.2) is 35.3 Å². The first-order valence-corrected chi connectivity index (χ1v) is 4.96. The molecule has 0 saturated carbocycles. The van der Waals surface area contributed by atoms with Crippen LogP contribution in [0.25, 0.3) is 0 Å². The van der Waals surface area contributed by atoms with E-state index in [9.17, 15) is 5.11 Å². The van der Waals surface area contributed by atoms with Crippen LogP contribution >= 0.6 is 0 Å². The van der Waals surface area contributed by atoms with E-state index in [1.807, 2.05) is 37.3 Å². The van der Waals surface area contributed by atoms with Gasteiger partial charge in [0.25, 0.3) is 0 Å². The topological polar surface area (TPSA) is 32.6 Å². The molecule has 0 unspecified atom stereocenters. The number of aliphatic imine (C=N–C) groups is 1. The van der Waals surface area contributed by atoms with Crippen LogP contribution in [0, 0.1) is 5.92 Å². The molecule has 1 aliphatic heterocycles. The van der Waals surface area contributed by atoms with Gasteiger partial charge in [-0.1, -0.05) is 37.3 Å². The largest absolute Gasteiger partial charge is 0.369 e. The molecule has 1 aromatic rings. The van der Waals surface area contributed by atoms with Gasteiger partial charge in [-0.05, 0) is 18.9 Å². The smallest absolute Gasteiger partial charge is 0.156 e. The minimum Gasteiger partial charge on any atom is -0.369 e. The highest BCUT2D eigenvalue weighted by molar-refractivity contribution is 6.02. The number of hydrogen-bond donors (Lipinski definition) is 1. The highest BCUT2D eigenvalue weighted by Gasteiger charge is 2.34. The average Bonchev–Trinajstić information content (AvgIpc) is 2.43. The van der Waals surface area contributed by atoms with Crippen molar-refractivity contribution in [2.45, 2.75) is 26.0 Å². The Morgan fingerprint density at radius 3 is 2.50 bits per heavy atom. The molecular weight excluding hydrogens is 174 g/mol. The maximum atomic E-state index is 9.91. The molecule has 0 aromatic heterocycles. The van der Waals surface area contributed by atoms with Crippen LogP contribution in [0.3, 0.4) is 0 Å². The molecule has 1 aromatic carbocycles. The molecule has 2 nitrogen and oxygen atoms in total. The van der Waals surface area contributed by atoms with E-state index in [0.717, 1.165) is 17.7 Å². The third-order valence-electron chi connectivity index (χ3n) is 2.90. The van der Waals surface area contributed by atoms with Crippen molar-refractivity contribution in [3.63, 3.8) is 0 Å². The van der Waals surface area contributed by atoms with Crippen molar-refractivity contribution < 1.29 is 5.11 Å². The molecule has 0 bridgehead atoms. The summed E-state index contributed by atoms with van der Waals surface area (Å²) in [4.78, 5) is 4.34. The van der Waals surface area contributed by atoms with Crippen molar-refractivity contribution in [2.24, 2.45) is 10.9 Å². The van der Waals surface area contributed by atoms with Gasteiger partial charge in [0.15, 0.2) is 5.72 Å². The fraction of sp³-hybridized carbons (Fsp3) is 0.417. The summed E-state index contributed by atoms with van der Waals surface area (Å²) in [6.07, 6.45) is 0.858. The summed E-state index contributed by atoms with van der Waals surface area (Å²) in [5.41, 5.74) is 1.26. The minimum atomic E-state index is -0.884. The van der Waals surface area contributed by atoms with Gasteiger partial charge in [-0.25, -0.2) is 0 Å². The van der Waals surface area contributed by atoms with Crippen molar-refractivity contribution in [1.29, 1.82) is 0 Å². The van der Waals surface area contributed by atoms with Crippen LogP contribution in [0.1, 0.15) is 25.8 Å². The van der Waals surface area contributed by atoms with Crippen LogP contribution in [0.5, 0.6) is 0 Å². The van der Waals surface area contributed by atoms with Gasteiger partial charge >= 0.3 is 0 Å². The summed E-state index contributed by atoms with van der Waals surface area (Å²) in [5, 5.41) is 9.91. The van der Waals surface area contributed by atoms with Gasteiger partial charge in [-0.3, -0.25) is 4.99 Å². The van der Waals surface area contributed by atoms with Crippen molar-refractivity contribution in [3.8, 4) is 0 Å². The molecular formula is C12H15NO. The zero-order valence-electron chi connectivity index (χ0n) is 8.57. The Morgan fingerprint density at radius 1 is 1.36 bits per heavy atom. The molecule has 2 heteroatoms. The molecule has 0 amide bonds. The molecule has 0 radical (unpaired) electrons. The van der Waals surface area contributed by atoms with E-state index in [1.165, 1.54) is 0 Å². The predicted molar refractivity (Wildman–Crippen MR) is 57.4 cm³/mol. The quantitative estimate of drug-likeness (QED) is 0.722. The van der Waals surface area contributed by atoms with E-state index in [1.54, 1.807) is 6.92 Å². The predicted octanol–water partition coefficient (Wildman–Crippen LogP) is 2.22. The second kappa shape index (κ2) is 3.21. The normalized spacial score (nSPS) is 31.6. The lowest BCUT2D eigenvalue weighted by atomic mass is 9.97. The molecule has 14 heavy (non-hydrogen) atoms. The Labute approximate surface area is 84.3 Å². The van der Waals surface area contributed by atoms with Gasteiger partial charge in [-0.2, -0.15) is 0 Å². The lowest BCUT2D eigenvalue weighted by Crippen LogP contribution is -2.25. The van der Waals surface area contributed by atoms with Gasteiger partial charge in [0.1, 0.15) is 0 Å². The Bertz CT molecular complexity index is 354. The number of nitrogens with zero attached hydrogens (tertiary/aromatic N) is 1. The van der Waals surface area contributed by atoms with Gasteiger partial charge in [0.05, 0.1) is 0 Å². The molecule has 0 saturated heterocycles. The zero-order chi connectivity index (χ0) is 10.2. The van der Waals surface area contributed by atoms with Crippen molar-refractivity contribution in [1.82, 2.24) is 0 Å². The Morgan fingerprint density at radius 2 is 2.00 bits per heavy atom. The molecule has 1 N–H and O–H groups in total. The van der Waals surface area contributed by atoms with Crippen LogP contribution in [-0.4, -0.2) is 16.5 Å². The van der Waals surface area contributed by atoms with E-state index in [2.05, 4.69) is 4.99 Å². The van der Waals surface area contributed by atoms with Crippen LogP contribution in [-0.2, 0) is 0 Å². The van der Waals surface area contributed by atoms with E-state index < -0.39 is 5.72 Å². The summed E-state index contributed by atoms with van der Waals surface area (Å²) in [7, 11) is 0. The van der Waals surface area contributed by atoms with E-state index >= 15 is 0 Å². The zero-order valence-corrected chi connectivity index (χ0v) is 8.57. The van der Waals surface area contributed by atoms with E-state index in [4.69, 9.17) is 0 Å². The maximum Gasteiger partial charge on any atom is 0.156 e. The van der Waals surface area contributed by atoms with Crippen molar-refractivity contribution >= 4 is 5.71 Å². The SMILES string of the molecule is C[C@H]1CC(c2ccccc2)=N[C@@]1(C)O. The van der Waals surface area contributed by atoms with Gasteiger partial charge in [0.2, 0.25) is 0 Å². The fourth-order valence-corrected chi connectivity index (χ4v) is 1.73. The summed E-state index contributed by atoms with van der Waals surface area (Å²) in [6.45, 7) is 3.80. The number of aliphatic hydroxyl groups is 1. The summed E-state index contributed by atoms with van der Waals surface area (Å²) >= 11 is 0. The molecule has 1 heterocycles. The lowest BCUT2D eigenvalue weighted by Gasteiger charge is -2.18. The molecule has 0 spiro atoms. The highest BCUT2D eigenvalue weighted by Crippen LogP contribution is 2.31. The third-order valence-corrected chi connectivity index (χ3v) is 2.90. The molecule has 0 aliphatic carbocycles. The Hall–Kier alpha value is -1.15. The highest BCUT2D eigenvalue weighted by atomic mass is 16.3. The van der Waals surface area contributed by atoms with Gasteiger partial charge in [0, 0.05) is 11.6 Å². The Kier molecular flexibility index (Phi) is 2.16. The van der Waals surface area contributed by atoms with Gasteiger partial charge in [-0.15, -0.1) is 0 Å². The van der Waals surface area contributed by atoms with Crippen LogP contribution < -0.4 is 0 Å². The van der Waals surface area contributed by atoms with Crippen molar-refractivity contribution in [2.75, 3.05) is 0 Å². The molecule has 2 atom stereocenters. The molecule has 2 rings (SSSR count). The summed E-state index contributed by atoms with van der Waals surface area (Å²) in [5.74, 6) is 0.206. The molecule has 1 aliphatic rings. The first-order valence-electron chi connectivity index (χ1n) is 4.96. The number of benzene rings is 1. The monoisotopic (exact) mass is 189 g/mol. The number of rotatable bonds is 1. The first-order chi connectivity index (χ1) is 6.59. The second-order valence-corrected chi connectivity index (χ2v) is 4.12. The third kappa shape index (κ3) is 1.58. The first kappa shape index (κ1) is 9.41. The van der Waals surface area contributed by atoms with Crippen LogP contribution in [0.4, 0.5) is 0 Å². The van der Waals surface area contributed by atoms with E-state index in [-0.39, 0.29) is 5.92 Å². The molecule has 0 fully saturated rings. The summed E-state index contributed by atoms with van der Waals surface area (Å²) < 4.78 is 0. The summed E-state index contributed by atoms with van der Waals surface area (Å²) in [6, 6.07) is 10.0. The average molecular weight is 189 g/mol. The minimum absolute atomic E-state index is 0.206. The Balaban J connectivity index is 2.32. The molecule has 74 valence electrons. The number of hydrogen-bond acceptors (Lipinski definition) is 2. The van der Waals surface area contributed by atoms with Crippen molar-refractivity contribution in [3.05, 3.63) is 35.9 Å². The second-order valence-electron chi connectivity index (χ2n) is 4.12.